The van der Waals surface area contributed by atoms with Crippen LogP contribution in [0.5, 0.6) is 0 Å². The molecule has 1 aromatic carbocycles. The predicted molar refractivity (Wildman–Crippen MR) is 61.6 cm³/mol. The normalized spacial score (nSPS) is 27.1. The van der Waals surface area contributed by atoms with Crippen molar-refractivity contribution in [3.05, 3.63) is 34.9 Å². The molecule has 1 aliphatic rings. The van der Waals surface area contributed by atoms with Crippen molar-refractivity contribution in [1.82, 2.24) is 0 Å². The molecule has 1 heteroatoms. The average molecular weight is 199 g/mol. The maximum absolute atomic E-state index is 9.41. The average Bonchev–Trinajstić information content (AvgIpc) is 2.74. The van der Waals surface area contributed by atoms with Crippen LogP contribution in [0.3, 0.4) is 0 Å². The summed E-state index contributed by atoms with van der Waals surface area (Å²) in [6, 6.07) is 8.93. The lowest BCUT2D eigenvalue weighted by molar-refractivity contribution is 0.568. The van der Waals surface area contributed by atoms with E-state index in [0.29, 0.717) is 0 Å². The summed E-state index contributed by atoms with van der Waals surface area (Å²) in [7, 11) is 0. The van der Waals surface area contributed by atoms with Crippen LogP contribution in [0, 0.1) is 30.6 Å². The molecule has 0 aromatic heterocycles. The lowest BCUT2D eigenvalue weighted by Crippen LogP contribution is -2.13. The standard InChI is InChI=1S/C14H17N/c1-10-5-6-11(2)12(7-10)14(9-15)8-13(14,3)4/h5-7H,8H2,1-4H3. The van der Waals surface area contributed by atoms with Crippen molar-refractivity contribution in [2.45, 2.75) is 39.5 Å². The molecule has 1 nitrogen and oxygen atoms in total. The van der Waals surface area contributed by atoms with Gasteiger partial charge in [0.25, 0.3) is 0 Å². The van der Waals surface area contributed by atoms with Crippen molar-refractivity contribution in [3.63, 3.8) is 0 Å². The summed E-state index contributed by atoms with van der Waals surface area (Å²) in [6.45, 7) is 8.54. The van der Waals surface area contributed by atoms with Crippen LogP contribution in [-0.2, 0) is 5.41 Å². The molecule has 1 aromatic rings. The molecule has 1 fully saturated rings. The number of rotatable bonds is 1. The largest absolute Gasteiger partial charge is 0.197 e. The van der Waals surface area contributed by atoms with Gasteiger partial charge in [-0.25, -0.2) is 0 Å². The van der Waals surface area contributed by atoms with Gasteiger partial charge in [0.2, 0.25) is 0 Å². The molecule has 2 rings (SSSR count). The lowest BCUT2D eigenvalue weighted by atomic mass is 9.86. The molecular weight excluding hydrogens is 182 g/mol. The second-order valence-electron chi connectivity index (χ2n) is 5.40. The molecule has 1 unspecified atom stereocenters. The van der Waals surface area contributed by atoms with Crippen LogP contribution in [0.15, 0.2) is 18.2 Å². The number of nitrogens with zero attached hydrogens (tertiary/aromatic N) is 1. The fourth-order valence-corrected chi connectivity index (χ4v) is 2.53. The van der Waals surface area contributed by atoms with Crippen LogP contribution < -0.4 is 0 Å². The molecule has 0 amide bonds. The van der Waals surface area contributed by atoms with Crippen LogP contribution in [-0.4, -0.2) is 0 Å². The van der Waals surface area contributed by atoms with E-state index in [4.69, 9.17) is 0 Å². The third-order valence-electron chi connectivity index (χ3n) is 3.78. The highest BCUT2D eigenvalue weighted by atomic mass is 14.6. The zero-order valence-corrected chi connectivity index (χ0v) is 9.89. The predicted octanol–water partition coefficient (Wildman–Crippen LogP) is 3.49. The zero-order chi connectivity index (χ0) is 11.3. The number of hydrogen-bond donors (Lipinski definition) is 0. The molecule has 1 aliphatic carbocycles. The van der Waals surface area contributed by atoms with E-state index in [1.165, 1.54) is 16.7 Å². The van der Waals surface area contributed by atoms with Gasteiger partial charge in [0.15, 0.2) is 0 Å². The lowest BCUT2D eigenvalue weighted by Gasteiger charge is -2.16. The fourth-order valence-electron chi connectivity index (χ4n) is 2.53. The van der Waals surface area contributed by atoms with Crippen LogP contribution >= 0.6 is 0 Å². The molecule has 0 heterocycles. The highest BCUT2D eigenvalue weighted by Gasteiger charge is 2.63. The Balaban J connectivity index is 2.56. The Bertz CT molecular complexity index is 451. The SMILES string of the molecule is Cc1ccc(C)c(C2(C#N)CC2(C)C)c1. The summed E-state index contributed by atoms with van der Waals surface area (Å²) < 4.78 is 0. The van der Waals surface area contributed by atoms with Gasteiger partial charge in [0, 0.05) is 0 Å². The van der Waals surface area contributed by atoms with Crippen LogP contribution in [0.25, 0.3) is 0 Å². The Kier molecular flexibility index (Phi) is 1.95. The fraction of sp³-hybridized carbons (Fsp3) is 0.500. The zero-order valence-electron chi connectivity index (χ0n) is 9.89. The summed E-state index contributed by atoms with van der Waals surface area (Å²) in [5.74, 6) is 0. The Hall–Kier alpha value is -1.29. The van der Waals surface area contributed by atoms with E-state index >= 15 is 0 Å². The van der Waals surface area contributed by atoms with Gasteiger partial charge in [-0.3, -0.25) is 0 Å². The molecule has 0 aliphatic heterocycles. The first-order valence-electron chi connectivity index (χ1n) is 5.42. The Labute approximate surface area is 91.7 Å². The van der Waals surface area contributed by atoms with E-state index < -0.39 is 0 Å². The highest BCUT2D eigenvalue weighted by Crippen LogP contribution is 2.64. The van der Waals surface area contributed by atoms with Gasteiger partial charge in [0.05, 0.1) is 11.5 Å². The number of nitriles is 1. The molecule has 0 saturated heterocycles. The van der Waals surface area contributed by atoms with E-state index in [1.54, 1.807) is 0 Å². The molecule has 0 spiro atoms. The second kappa shape index (κ2) is 2.85. The first-order chi connectivity index (χ1) is 6.93. The summed E-state index contributed by atoms with van der Waals surface area (Å²) >= 11 is 0. The van der Waals surface area contributed by atoms with E-state index in [1.807, 2.05) is 0 Å². The van der Waals surface area contributed by atoms with E-state index in [2.05, 4.69) is 52.0 Å². The number of hydrogen-bond acceptors (Lipinski definition) is 1. The van der Waals surface area contributed by atoms with Crippen molar-refractivity contribution in [2.75, 3.05) is 0 Å². The van der Waals surface area contributed by atoms with E-state index in [-0.39, 0.29) is 10.8 Å². The maximum atomic E-state index is 9.41. The quantitative estimate of drug-likeness (QED) is 0.679. The number of aryl methyl sites for hydroxylation is 2. The summed E-state index contributed by atoms with van der Waals surface area (Å²) in [4.78, 5) is 0. The van der Waals surface area contributed by atoms with Gasteiger partial charge in [0.1, 0.15) is 0 Å². The minimum atomic E-state index is -0.233. The van der Waals surface area contributed by atoms with Crippen molar-refractivity contribution >= 4 is 0 Å². The van der Waals surface area contributed by atoms with Gasteiger partial charge in [-0.15, -0.1) is 0 Å². The Morgan fingerprint density at radius 1 is 1.27 bits per heavy atom. The Morgan fingerprint density at radius 2 is 1.87 bits per heavy atom. The molecule has 0 bridgehead atoms. The van der Waals surface area contributed by atoms with Gasteiger partial charge in [-0.2, -0.15) is 5.26 Å². The van der Waals surface area contributed by atoms with Crippen molar-refractivity contribution in [1.29, 1.82) is 5.26 Å². The molecule has 1 atom stereocenters. The summed E-state index contributed by atoms with van der Waals surface area (Å²) in [5.41, 5.74) is 3.62. The van der Waals surface area contributed by atoms with Crippen molar-refractivity contribution < 1.29 is 0 Å². The van der Waals surface area contributed by atoms with Gasteiger partial charge in [-0.1, -0.05) is 37.6 Å². The van der Waals surface area contributed by atoms with Crippen LogP contribution in [0.2, 0.25) is 0 Å². The topological polar surface area (TPSA) is 23.8 Å². The molecule has 0 radical (unpaired) electrons. The summed E-state index contributed by atoms with van der Waals surface area (Å²) in [6.07, 6.45) is 0.987. The molecule has 15 heavy (non-hydrogen) atoms. The van der Waals surface area contributed by atoms with Gasteiger partial charge >= 0.3 is 0 Å². The third-order valence-corrected chi connectivity index (χ3v) is 3.78. The van der Waals surface area contributed by atoms with Gasteiger partial charge < -0.3 is 0 Å². The highest BCUT2D eigenvalue weighted by molar-refractivity contribution is 5.49. The van der Waals surface area contributed by atoms with Crippen molar-refractivity contribution in [2.24, 2.45) is 5.41 Å². The second-order valence-corrected chi connectivity index (χ2v) is 5.40. The summed E-state index contributed by atoms with van der Waals surface area (Å²) in [5, 5.41) is 9.41. The Morgan fingerprint density at radius 3 is 2.33 bits per heavy atom. The maximum Gasteiger partial charge on any atom is 0.0882 e. The first-order valence-corrected chi connectivity index (χ1v) is 5.42. The third kappa shape index (κ3) is 1.28. The molecule has 78 valence electrons. The molecule has 1 saturated carbocycles. The van der Waals surface area contributed by atoms with Crippen LogP contribution in [0.1, 0.15) is 37.0 Å². The van der Waals surface area contributed by atoms with Gasteiger partial charge in [-0.05, 0) is 36.8 Å². The molecule has 0 N–H and O–H groups in total. The smallest absolute Gasteiger partial charge is 0.0882 e. The van der Waals surface area contributed by atoms with E-state index in [9.17, 15) is 5.26 Å². The van der Waals surface area contributed by atoms with Crippen LogP contribution in [0.4, 0.5) is 0 Å². The van der Waals surface area contributed by atoms with E-state index in [0.717, 1.165) is 6.42 Å². The molecular formula is C14H17N. The minimum absolute atomic E-state index is 0.139. The number of benzene rings is 1. The first kappa shape index (κ1) is 10.2. The van der Waals surface area contributed by atoms with Crippen molar-refractivity contribution in [3.8, 4) is 6.07 Å². The minimum Gasteiger partial charge on any atom is -0.197 e. The monoisotopic (exact) mass is 199 g/mol.